The second kappa shape index (κ2) is 5.26. The number of rotatable bonds is 5. The van der Waals surface area contributed by atoms with Crippen LogP contribution in [0.1, 0.15) is 5.56 Å². The monoisotopic (exact) mass is 241 g/mol. The van der Waals surface area contributed by atoms with Gasteiger partial charge in [0.15, 0.2) is 6.10 Å². The van der Waals surface area contributed by atoms with Crippen LogP contribution in [0.25, 0.3) is 0 Å². The molecule has 0 aliphatic carbocycles. The van der Waals surface area contributed by atoms with Gasteiger partial charge in [-0.3, -0.25) is 10.1 Å². The summed E-state index contributed by atoms with van der Waals surface area (Å²) in [6.07, 6.45) is -1.73. The molecule has 0 aromatic heterocycles. The number of hydrogen-bond acceptors (Lipinski definition) is 5. The van der Waals surface area contributed by atoms with Crippen LogP contribution in [-0.2, 0) is 11.2 Å². The zero-order valence-corrected chi connectivity index (χ0v) is 8.99. The molecule has 1 rings (SSSR count). The molecule has 0 spiro atoms. The lowest BCUT2D eigenvalue weighted by atomic mass is 10.1. The Morgan fingerprint density at radius 3 is 2.71 bits per heavy atom. The van der Waals surface area contributed by atoms with E-state index in [2.05, 4.69) is 0 Å². The molecule has 1 unspecified atom stereocenters. The zero-order valence-electron chi connectivity index (χ0n) is 8.99. The van der Waals surface area contributed by atoms with Crippen LogP contribution in [0, 0.1) is 10.1 Å². The van der Waals surface area contributed by atoms with Gasteiger partial charge < -0.3 is 14.9 Å². The van der Waals surface area contributed by atoms with Gasteiger partial charge in [-0.15, -0.1) is 0 Å². The second-order valence-electron chi connectivity index (χ2n) is 3.31. The topological polar surface area (TPSA) is 110 Å². The van der Waals surface area contributed by atoms with Crippen LogP contribution in [0.3, 0.4) is 0 Å². The van der Waals surface area contributed by atoms with Crippen LogP contribution < -0.4 is 4.74 Å². The number of non-ortho nitro benzene ring substituents is 1. The van der Waals surface area contributed by atoms with Crippen molar-refractivity contribution in [2.45, 2.75) is 12.5 Å². The standard InChI is InChI=1S/C10H11NO6/c1-17-9-5-7(11(15)16)3-2-6(9)4-8(12)10(13)14/h2-3,5,8,12H,4H2,1H3,(H,13,14). The summed E-state index contributed by atoms with van der Waals surface area (Å²) in [5.74, 6) is -1.18. The van der Waals surface area contributed by atoms with Crippen LogP contribution in [0.15, 0.2) is 18.2 Å². The van der Waals surface area contributed by atoms with Crippen LogP contribution in [0.5, 0.6) is 5.75 Å². The van der Waals surface area contributed by atoms with Crippen LogP contribution >= 0.6 is 0 Å². The van der Waals surface area contributed by atoms with Crippen LogP contribution in [-0.4, -0.2) is 34.3 Å². The van der Waals surface area contributed by atoms with E-state index in [0.717, 1.165) is 0 Å². The van der Waals surface area contributed by atoms with Gasteiger partial charge in [-0.1, -0.05) is 0 Å². The minimum absolute atomic E-state index is 0.157. The highest BCUT2D eigenvalue weighted by Gasteiger charge is 2.18. The Kier molecular flexibility index (Phi) is 4.00. The predicted octanol–water partition coefficient (Wildman–Crippen LogP) is 0.591. The quantitative estimate of drug-likeness (QED) is 0.576. The lowest BCUT2D eigenvalue weighted by Crippen LogP contribution is -2.22. The lowest BCUT2D eigenvalue weighted by molar-refractivity contribution is -0.384. The summed E-state index contributed by atoms with van der Waals surface area (Å²) in [4.78, 5) is 20.4. The van der Waals surface area contributed by atoms with Gasteiger partial charge >= 0.3 is 5.97 Å². The predicted molar refractivity (Wildman–Crippen MR) is 57.0 cm³/mol. The van der Waals surface area contributed by atoms with Gasteiger partial charge in [0.25, 0.3) is 5.69 Å². The first-order chi connectivity index (χ1) is 7.95. The smallest absolute Gasteiger partial charge is 0.332 e. The van der Waals surface area contributed by atoms with Crippen molar-refractivity contribution in [3.63, 3.8) is 0 Å². The summed E-state index contributed by atoms with van der Waals surface area (Å²) in [5, 5.41) is 28.3. The summed E-state index contributed by atoms with van der Waals surface area (Å²) >= 11 is 0. The van der Waals surface area contributed by atoms with E-state index in [1.54, 1.807) is 0 Å². The molecule has 2 N–H and O–H groups in total. The van der Waals surface area contributed by atoms with E-state index in [1.165, 1.54) is 25.3 Å². The van der Waals surface area contributed by atoms with Crippen molar-refractivity contribution in [2.75, 3.05) is 7.11 Å². The van der Waals surface area contributed by atoms with Crippen molar-refractivity contribution in [3.05, 3.63) is 33.9 Å². The number of nitro groups is 1. The number of ether oxygens (including phenoxy) is 1. The van der Waals surface area contributed by atoms with E-state index in [4.69, 9.17) is 9.84 Å². The molecule has 1 aromatic rings. The molecule has 0 radical (unpaired) electrons. The third kappa shape index (κ3) is 3.15. The molecule has 1 atom stereocenters. The van der Waals surface area contributed by atoms with Crippen LogP contribution in [0.4, 0.5) is 5.69 Å². The molecule has 92 valence electrons. The van der Waals surface area contributed by atoms with Crippen molar-refractivity contribution >= 4 is 11.7 Å². The minimum Gasteiger partial charge on any atom is -0.496 e. The number of carboxylic acids is 1. The highest BCUT2D eigenvalue weighted by Crippen LogP contribution is 2.25. The summed E-state index contributed by atoms with van der Waals surface area (Å²) in [6.45, 7) is 0. The maximum atomic E-state index is 10.5. The molecule has 0 amide bonds. The Labute approximate surface area is 96.4 Å². The number of aliphatic hydroxyl groups excluding tert-OH is 1. The summed E-state index contributed by atoms with van der Waals surface area (Å²) < 4.78 is 4.91. The molecule has 0 aliphatic heterocycles. The van der Waals surface area contributed by atoms with E-state index in [1.807, 2.05) is 0 Å². The van der Waals surface area contributed by atoms with Crippen molar-refractivity contribution < 1.29 is 24.7 Å². The maximum absolute atomic E-state index is 10.5. The Bertz CT molecular complexity index is 444. The number of benzene rings is 1. The molecule has 17 heavy (non-hydrogen) atoms. The number of methoxy groups -OCH3 is 1. The molecule has 0 saturated heterocycles. The fourth-order valence-electron chi connectivity index (χ4n) is 1.31. The first kappa shape index (κ1) is 12.9. The third-order valence-corrected chi connectivity index (χ3v) is 2.18. The van der Waals surface area contributed by atoms with E-state index >= 15 is 0 Å². The molecule has 0 saturated carbocycles. The SMILES string of the molecule is COc1cc([N+](=O)[O-])ccc1CC(O)C(=O)O. The van der Waals surface area contributed by atoms with Crippen molar-refractivity contribution in [1.29, 1.82) is 0 Å². The highest BCUT2D eigenvalue weighted by molar-refractivity contribution is 5.72. The number of hydrogen-bond donors (Lipinski definition) is 2. The molecular formula is C10H11NO6. The molecular weight excluding hydrogens is 230 g/mol. The Hall–Kier alpha value is -2.15. The van der Waals surface area contributed by atoms with Gasteiger partial charge in [0, 0.05) is 12.5 Å². The van der Waals surface area contributed by atoms with E-state index in [-0.39, 0.29) is 17.9 Å². The van der Waals surface area contributed by atoms with Gasteiger partial charge in [-0.25, -0.2) is 4.79 Å². The van der Waals surface area contributed by atoms with Crippen molar-refractivity contribution in [2.24, 2.45) is 0 Å². The number of carboxylic acid groups (broad SMARTS) is 1. The molecule has 1 aromatic carbocycles. The fourth-order valence-corrected chi connectivity index (χ4v) is 1.31. The van der Waals surface area contributed by atoms with Gasteiger partial charge in [0.05, 0.1) is 18.1 Å². The number of aliphatic carboxylic acids is 1. The van der Waals surface area contributed by atoms with E-state index in [0.29, 0.717) is 5.56 Å². The number of nitrogens with zero attached hydrogens (tertiary/aromatic N) is 1. The molecule has 0 bridgehead atoms. The summed E-state index contributed by atoms with van der Waals surface area (Å²) in [7, 11) is 1.32. The highest BCUT2D eigenvalue weighted by atomic mass is 16.6. The lowest BCUT2D eigenvalue weighted by Gasteiger charge is -2.10. The number of nitro benzene ring substituents is 1. The second-order valence-corrected chi connectivity index (χ2v) is 3.31. The Morgan fingerprint density at radius 2 is 2.24 bits per heavy atom. The van der Waals surface area contributed by atoms with Gasteiger partial charge in [-0.05, 0) is 11.6 Å². The zero-order chi connectivity index (χ0) is 13.0. The Morgan fingerprint density at radius 1 is 1.59 bits per heavy atom. The fraction of sp³-hybridized carbons (Fsp3) is 0.300. The molecule has 0 aliphatic rings. The largest absolute Gasteiger partial charge is 0.496 e. The number of carbonyl (C=O) groups is 1. The van der Waals surface area contributed by atoms with Gasteiger partial charge in [0.1, 0.15) is 5.75 Å². The van der Waals surface area contributed by atoms with E-state index in [9.17, 15) is 20.0 Å². The van der Waals surface area contributed by atoms with Crippen molar-refractivity contribution in [3.8, 4) is 5.75 Å². The first-order valence-electron chi connectivity index (χ1n) is 4.68. The third-order valence-electron chi connectivity index (χ3n) is 2.18. The number of aliphatic hydroxyl groups is 1. The first-order valence-corrected chi connectivity index (χ1v) is 4.68. The molecule has 7 nitrogen and oxygen atoms in total. The Balaban J connectivity index is 3.00. The summed E-state index contributed by atoms with van der Waals surface area (Å²) in [6, 6.07) is 3.78. The van der Waals surface area contributed by atoms with Crippen LogP contribution in [0.2, 0.25) is 0 Å². The minimum atomic E-state index is -1.56. The average molecular weight is 241 g/mol. The normalized spacial score (nSPS) is 11.9. The average Bonchev–Trinajstić information content (AvgIpc) is 2.28. The molecule has 0 fully saturated rings. The van der Waals surface area contributed by atoms with Gasteiger partial charge in [-0.2, -0.15) is 0 Å². The maximum Gasteiger partial charge on any atom is 0.332 e. The van der Waals surface area contributed by atoms with Crippen molar-refractivity contribution in [1.82, 2.24) is 0 Å². The summed E-state index contributed by atoms with van der Waals surface area (Å²) in [5.41, 5.74) is 0.239. The molecule has 0 heterocycles. The van der Waals surface area contributed by atoms with E-state index < -0.39 is 17.0 Å². The van der Waals surface area contributed by atoms with Gasteiger partial charge in [0.2, 0.25) is 0 Å². The molecule has 7 heteroatoms.